The third-order valence-corrected chi connectivity index (χ3v) is 6.23. The molecule has 1 aliphatic rings. The van der Waals surface area contributed by atoms with Gasteiger partial charge in [0.2, 0.25) is 0 Å². The van der Waals surface area contributed by atoms with E-state index in [-0.39, 0.29) is 32.1 Å². The van der Waals surface area contributed by atoms with E-state index in [4.69, 9.17) is 19.0 Å². The van der Waals surface area contributed by atoms with Crippen LogP contribution in [0.3, 0.4) is 0 Å². The summed E-state index contributed by atoms with van der Waals surface area (Å²) >= 11 is 0. The molecule has 3 aromatic rings. The molecule has 0 bridgehead atoms. The molecule has 0 aliphatic carbocycles. The zero-order chi connectivity index (χ0) is 26.9. The highest BCUT2D eigenvalue weighted by molar-refractivity contribution is 5.82. The SMILES string of the molecule is N#C[C@H](Cc1ccc(-c2ccc3oc(=O)n(CCOCCC(=O)O)c3c2)cc1)NC(=O)[C@@H]1CNCCCO1. The van der Waals surface area contributed by atoms with Gasteiger partial charge in [-0.05, 0) is 41.8 Å². The lowest BCUT2D eigenvalue weighted by Crippen LogP contribution is -2.46. The molecule has 38 heavy (non-hydrogen) atoms. The molecule has 11 nitrogen and oxygen atoms in total. The molecular weight excluding hydrogens is 492 g/mol. The highest BCUT2D eigenvalue weighted by Gasteiger charge is 2.23. The van der Waals surface area contributed by atoms with Crippen molar-refractivity contribution in [3.8, 4) is 17.2 Å². The molecule has 2 aromatic carbocycles. The molecule has 2 heterocycles. The van der Waals surface area contributed by atoms with Crippen molar-refractivity contribution in [3.63, 3.8) is 0 Å². The first-order valence-electron chi connectivity index (χ1n) is 12.5. The normalized spacial score (nSPS) is 16.4. The molecular formula is C27H30N4O7. The van der Waals surface area contributed by atoms with Crippen molar-refractivity contribution in [2.45, 2.75) is 38.0 Å². The van der Waals surface area contributed by atoms with Crippen LogP contribution in [0.5, 0.6) is 0 Å². The molecule has 1 aliphatic heterocycles. The quantitative estimate of drug-likeness (QED) is 0.319. The lowest BCUT2D eigenvalue weighted by molar-refractivity contribution is -0.138. The van der Waals surface area contributed by atoms with Crippen LogP contribution >= 0.6 is 0 Å². The first-order chi connectivity index (χ1) is 18.4. The van der Waals surface area contributed by atoms with Gasteiger partial charge in [-0.3, -0.25) is 14.2 Å². The first-order valence-corrected chi connectivity index (χ1v) is 12.5. The number of nitrogens with zero attached hydrogens (tertiary/aromatic N) is 2. The molecule has 1 fully saturated rings. The fourth-order valence-corrected chi connectivity index (χ4v) is 4.22. The molecule has 1 amide bonds. The van der Waals surface area contributed by atoms with Crippen LogP contribution in [-0.2, 0) is 32.0 Å². The summed E-state index contributed by atoms with van der Waals surface area (Å²) in [5, 5.41) is 24.2. The van der Waals surface area contributed by atoms with Crippen molar-refractivity contribution >= 4 is 23.0 Å². The van der Waals surface area contributed by atoms with Gasteiger partial charge in [0.05, 0.1) is 37.8 Å². The summed E-state index contributed by atoms with van der Waals surface area (Å²) in [6.45, 7) is 2.21. The van der Waals surface area contributed by atoms with Crippen LogP contribution in [0.25, 0.3) is 22.2 Å². The Morgan fingerprint density at radius 3 is 2.76 bits per heavy atom. The number of oxazole rings is 1. The highest BCUT2D eigenvalue weighted by atomic mass is 16.5. The summed E-state index contributed by atoms with van der Waals surface area (Å²) in [7, 11) is 0. The second-order valence-corrected chi connectivity index (χ2v) is 8.97. The molecule has 11 heteroatoms. The molecule has 0 saturated carbocycles. The van der Waals surface area contributed by atoms with Gasteiger partial charge in [-0.1, -0.05) is 30.3 Å². The summed E-state index contributed by atoms with van der Waals surface area (Å²) in [4.78, 5) is 35.4. The predicted octanol–water partition coefficient (Wildman–Crippen LogP) is 1.68. The molecule has 200 valence electrons. The largest absolute Gasteiger partial charge is 0.481 e. The summed E-state index contributed by atoms with van der Waals surface area (Å²) in [6, 6.07) is 14.5. The van der Waals surface area contributed by atoms with Crippen molar-refractivity contribution in [2.24, 2.45) is 0 Å². The Labute approximate surface area is 218 Å². The van der Waals surface area contributed by atoms with Crippen molar-refractivity contribution in [3.05, 3.63) is 58.6 Å². The molecule has 3 N–H and O–H groups in total. The van der Waals surface area contributed by atoms with Crippen molar-refractivity contribution in [1.82, 2.24) is 15.2 Å². The number of amides is 1. The fourth-order valence-electron chi connectivity index (χ4n) is 4.22. The van der Waals surface area contributed by atoms with E-state index in [1.807, 2.05) is 36.4 Å². The average molecular weight is 523 g/mol. The van der Waals surface area contributed by atoms with Crippen LogP contribution < -0.4 is 16.4 Å². The van der Waals surface area contributed by atoms with Gasteiger partial charge in [-0.25, -0.2) is 4.79 Å². The highest BCUT2D eigenvalue weighted by Crippen LogP contribution is 2.25. The Hall–Kier alpha value is -3.98. The number of carboxylic acid groups (broad SMARTS) is 1. The number of nitriles is 1. The third-order valence-electron chi connectivity index (χ3n) is 6.23. The van der Waals surface area contributed by atoms with E-state index in [1.54, 1.807) is 6.07 Å². The number of carboxylic acids is 1. The fraction of sp³-hybridized carbons (Fsp3) is 0.407. The number of aromatic nitrogens is 1. The van der Waals surface area contributed by atoms with Crippen LogP contribution in [0.2, 0.25) is 0 Å². The minimum absolute atomic E-state index is 0.0688. The first kappa shape index (κ1) is 27.1. The van der Waals surface area contributed by atoms with Gasteiger partial charge in [-0.2, -0.15) is 5.26 Å². The number of ether oxygens (including phenoxy) is 2. The lowest BCUT2D eigenvalue weighted by Gasteiger charge is -2.18. The summed E-state index contributed by atoms with van der Waals surface area (Å²) in [5.41, 5.74) is 3.72. The van der Waals surface area contributed by atoms with Gasteiger partial charge in [0.25, 0.3) is 5.91 Å². The minimum Gasteiger partial charge on any atom is -0.481 e. The van der Waals surface area contributed by atoms with Crippen LogP contribution in [-0.4, -0.2) is 66.6 Å². The number of nitrogens with one attached hydrogen (secondary N) is 2. The smallest absolute Gasteiger partial charge is 0.420 e. The number of carbonyl (C=O) groups excluding carboxylic acids is 1. The topological polar surface area (TPSA) is 156 Å². The van der Waals surface area contributed by atoms with Gasteiger partial charge in [0, 0.05) is 19.6 Å². The number of carbonyl (C=O) groups is 2. The zero-order valence-corrected chi connectivity index (χ0v) is 20.9. The Morgan fingerprint density at radius 2 is 2.00 bits per heavy atom. The van der Waals surface area contributed by atoms with E-state index in [0.29, 0.717) is 30.7 Å². The number of hydrogen-bond acceptors (Lipinski definition) is 8. The van der Waals surface area contributed by atoms with E-state index < -0.39 is 23.9 Å². The summed E-state index contributed by atoms with van der Waals surface area (Å²) in [6.07, 6.45) is 0.481. The van der Waals surface area contributed by atoms with Gasteiger partial charge in [-0.15, -0.1) is 0 Å². The van der Waals surface area contributed by atoms with Crippen molar-refractivity contribution < 1.29 is 28.6 Å². The summed E-state index contributed by atoms with van der Waals surface area (Å²) in [5.74, 6) is -1.75. The van der Waals surface area contributed by atoms with Crippen LogP contribution in [0, 0.1) is 11.3 Å². The van der Waals surface area contributed by atoms with Gasteiger partial charge < -0.3 is 29.6 Å². The average Bonchev–Trinajstić information content (AvgIpc) is 3.06. The van der Waals surface area contributed by atoms with Crippen LogP contribution in [0.15, 0.2) is 51.7 Å². The Kier molecular flexibility index (Phi) is 9.26. The van der Waals surface area contributed by atoms with E-state index in [9.17, 15) is 19.6 Å². The lowest BCUT2D eigenvalue weighted by atomic mass is 10.0. The number of hydrogen-bond donors (Lipinski definition) is 3. The van der Waals surface area contributed by atoms with Crippen molar-refractivity contribution in [1.29, 1.82) is 5.26 Å². The number of rotatable bonds is 11. The Morgan fingerprint density at radius 1 is 1.21 bits per heavy atom. The van der Waals surface area contributed by atoms with Crippen molar-refractivity contribution in [2.75, 3.05) is 32.9 Å². The van der Waals surface area contributed by atoms with E-state index in [0.717, 1.165) is 29.7 Å². The molecule has 1 aromatic heterocycles. The minimum atomic E-state index is -0.943. The summed E-state index contributed by atoms with van der Waals surface area (Å²) < 4.78 is 17.7. The maximum atomic E-state index is 12.5. The maximum Gasteiger partial charge on any atom is 0.420 e. The zero-order valence-electron chi connectivity index (χ0n) is 20.9. The monoisotopic (exact) mass is 522 g/mol. The van der Waals surface area contributed by atoms with E-state index in [1.165, 1.54) is 4.57 Å². The van der Waals surface area contributed by atoms with Crippen LogP contribution in [0.1, 0.15) is 18.4 Å². The molecule has 1 saturated heterocycles. The van der Waals surface area contributed by atoms with E-state index in [2.05, 4.69) is 16.7 Å². The molecule has 4 rings (SSSR count). The predicted molar refractivity (Wildman–Crippen MR) is 137 cm³/mol. The number of aliphatic carboxylic acids is 1. The standard InChI is InChI=1S/C27H30N4O7/c28-16-21(30-26(34)24-17-29-9-1-11-37-24)14-18-2-4-19(5-3-18)20-6-7-23-22(15-20)31(27(35)38-23)10-13-36-12-8-25(32)33/h2-7,15,21,24,29H,1,8-14,17H2,(H,30,34)(H,32,33)/t21-,24-/m0/s1. The molecule has 2 atom stereocenters. The third kappa shape index (κ3) is 7.07. The van der Waals surface area contributed by atoms with E-state index >= 15 is 0 Å². The van der Waals surface area contributed by atoms with Gasteiger partial charge in [0.1, 0.15) is 12.1 Å². The molecule has 0 radical (unpaired) electrons. The van der Waals surface area contributed by atoms with Gasteiger partial charge in [0.15, 0.2) is 5.58 Å². The Balaban J connectivity index is 1.40. The maximum absolute atomic E-state index is 12.5. The number of fused-ring (bicyclic) bond motifs is 1. The second kappa shape index (κ2) is 13.0. The Bertz CT molecular complexity index is 1350. The van der Waals surface area contributed by atoms with Gasteiger partial charge >= 0.3 is 11.7 Å². The molecule has 0 spiro atoms. The second-order valence-electron chi connectivity index (χ2n) is 8.97. The number of benzene rings is 2. The molecule has 0 unspecified atom stereocenters. The van der Waals surface area contributed by atoms with Crippen LogP contribution in [0.4, 0.5) is 0 Å².